The molecule has 0 spiro atoms. The Labute approximate surface area is 155 Å². The second-order valence-corrected chi connectivity index (χ2v) is 8.46. The Morgan fingerprint density at radius 3 is 2.58 bits per heavy atom. The fraction of sp³-hybridized carbons (Fsp3) is 0.176. The first-order chi connectivity index (χ1) is 12.5. The quantitative estimate of drug-likeness (QED) is 0.646. The van der Waals surface area contributed by atoms with Crippen molar-refractivity contribution in [3.8, 4) is 0 Å². The zero-order valence-corrected chi connectivity index (χ0v) is 15.6. The molecule has 0 aliphatic carbocycles. The largest absolute Gasteiger partial charge is 0.356 e. The van der Waals surface area contributed by atoms with E-state index in [2.05, 4.69) is 20.2 Å². The molecule has 0 aliphatic heterocycles. The van der Waals surface area contributed by atoms with Gasteiger partial charge >= 0.3 is 0 Å². The van der Waals surface area contributed by atoms with Gasteiger partial charge in [0.1, 0.15) is 10.8 Å². The number of hydrogen-bond acceptors (Lipinski definition) is 6. The second-order valence-electron chi connectivity index (χ2n) is 5.51. The summed E-state index contributed by atoms with van der Waals surface area (Å²) in [5.74, 6) is -0.268. The van der Waals surface area contributed by atoms with Gasteiger partial charge in [-0.2, -0.15) is 0 Å². The molecule has 1 aromatic heterocycles. The van der Waals surface area contributed by atoms with Crippen LogP contribution in [0, 0.1) is 5.82 Å². The van der Waals surface area contributed by atoms with E-state index in [9.17, 15) is 12.8 Å². The molecule has 9 heteroatoms. The monoisotopic (exact) mass is 392 g/mol. The van der Waals surface area contributed by atoms with Crippen molar-refractivity contribution >= 4 is 26.5 Å². The van der Waals surface area contributed by atoms with Crippen LogP contribution in [0.15, 0.2) is 53.4 Å². The lowest BCUT2D eigenvalue weighted by Gasteiger charge is -2.06. The molecule has 6 nitrogen and oxygen atoms in total. The van der Waals surface area contributed by atoms with Crippen molar-refractivity contribution in [2.45, 2.75) is 17.9 Å². The Morgan fingerprint density at radius 2 is 1.85 bits per heavy atom. The lowest BCUT2D eigenvalue weighted by molar-refractivity contribution is 0.588. The minimum Gasteiger partial charge on any atom is -0.356 e. The summed E-state index contributed by atoms with van der Waals surface area (Å²) in [6, 6.07) is 13.0. The summed E-state index contributed by atoms with van der Waals surface area (Å²) >= 11 is 1.41. The van der Waals surface area contributed by atoms with Gasteiger partial charge in [0.05, 0.1) is 4.90 Å². The van der Waals surface area contributed by atoms with Crippen LogP contribution in [0.3, 0.4) is 0 Å². The maximum absolute atomic E-state index is 12.9. The molecule has 0 fully saturated rings. The van der Waals surface area contributed by atoms with Gasteiger partial charge in [-0.25, -0.2) is 17.5 Å². The molecule has 2 N–H and O–H groups in total. The molecule has 0 radical (unpaired) electrons. The van der Waals surface area contributed by atoms with Crippen LogP contribution in [-0.4, -0.2) is 25.7 Å². The summed E-state index contributed by atoms with van der Waals surface area (Å²) in [7, 11) is -2.09. The van der Waals surface area contributed by atoms with Crippen LogP contribution in [0.5, 0.6) is 0 Å². The molecule has 3 rings (SSSR count). The topological polar surface area (TPSA) is 84.0 Å². The van der Waals surface area contributed by atoms with Crippen LogP contribution >= 0.6 is 11.3 Å². The van der Waals surface area contributed by atoms with Gasteiger partial charge in [-0.3, -0.25) is 0 Å². The smallest absolute Gasteiger partial charge is 0.240 e. The van der Waals surface area contributed by atoms with Crippen molar-refractivity contribution in [1.82, 2.24) is 14.9 Å². The van der Waals surface area contributed by atoms with Gasteiger partial charge in [0.2, 0.25) is 15.2 Å². The lowest BCUT2D eigenvalue weighted by atomic mass is 10.2. The number of nitrogens with zero attached hydrogens (tertiary/aromatic N) is 2. The highest BCUT2D eigenvalue weighted by Gasteiger charge is 2.11. The third-order valence-corrected chi connectivity index (χ3v) is 5.95. The molecule has 0 saturated heterocycles. The van der Waals surface area contributed by atoms with Crippen LogP contribution in [0.25, 0.3) is 0 Å². The highest BCUT2D eigenvalue weighted by atomic mass is 32.2. The summed E-state index contributed by atoms with van der Waals surface area (Å²) in [6.45, 7) is 0.429. The molecule has 0 unspecified atom stereocenters. The first-order valence-electron chi connectivity index (χ1n) is 7.79. The molecule has 0 bridgehead atoms. The van der Waals surface area contributed by atoms with Gasteiger partial charge < -0.3 is 5.32 Å². The van der Waals surface area contributed by atoms with Gasteiger partial charge in [0.25, 0.3) is 0 Å². The zero-order valence-electron chi connectivity index (χ0n) is 13.9. The number of halogens is 1. The number of benzene rings is 2. The maximum Gasteiger partial charge on any atom is 0.240 e. The van der Waals surface area contributed by atoms with Crippen molar-refractivity contribution < 1.29 is 12.8 Å². The Balaban J connectivity index is 1.63. The van der Waals surface area contributed by atoms with Crippen LogP contribution in [-0.2, 0) is 23.0 Å². The first kappa shape index (κ1) is 18.4. The Hall–Kier alpha value is -2.36. The Kier molecular flexibility index (Phi) is 5.60. The van der Waals surface area contributed by atoms with E-state index < -0.39 is 10.0 Å². The summed E-state index contributed by atoms with van der Waals surface area (Å²) in [4.78, 5) is 0.216. The van der Waals surface area contributed by atoms with E-state index in [4.69, 9.17) is 0 Å². The van der Waals surface area contributed by atoms with E-state index in [-0.39, 0.29) is 10.7 Å². The summed E-state index contributed by atoms with van der Waals surface area (Å²) in [5, 5.41) is 12.8. The number of anilines is 1. The van der Waals surface area contributed by atoms with E-state index in [0.717, 1.165) is 16.1 Å². The number of sulfonamides is 1. The van der Waals surface area contributed by atoms with Gasteiger partial charge in [0.15, 0.2) is 0 Å². The highest BCUT2D eigenvalue weighted by Crippen LogP contribution is 2.20. The summed E-state index contributed by atoms with van der Waals surface area (Å²) in [6.07, 6.45) is 0.579. The lowest BCUT2D eigenvalue weighted by Crippen LogP contribution is -2.18. The fourth-order valence-corrected chi connectivity index (χ4v) is 3.86. The van der Waals surface area contributed by atoms with Crippen molar-refractivity contribution in [3.63, 3.8) is 0 Å². The van der Waals surface area contributed by atoms with Crippen LogP contribution in [0.4, 0.5) is 9.52 Å². The second kappa shape index (κ2) is 7.90. The van der Waals surface area contributed by atoms with E-state index in [1.165, 1.54) is 30.5 Å². The van der Waals surface area contributed by atoms with Gasteiger partial charge in [0, 0.05) is 13.0 Å². The third kappa shape index (κ3) is 4.63. The predicted molar refractivity (Wildman–Crippen MR) is 99.1 cm³/mol. The molecule has 0 atom stereocenters. The number of hydrogen-bond donors (Lipinski definition) is 2. The fourth-order valence-electron chi connectivity index (χ4n) is 2.29. The van der Waals surface area contributed by atoms with E-state index in [1.807, 2.05) is 6.07 Å². The normalized spacial score (nSPS) is 11.5. The average molecular weight is 392 g/mol. The van der Waals surface area contributed by atoms with Crippen molar-refractivity contribution in [2.75, 3.05) is 12.4 Å². The molecular formula is C17H17FN4O2S2. The van der Waals surface area contributed by atoms with Crippen LogP contribution in [0.2, 0.25) is 0 Å². The maximum atomic E-state index is 12.9. The van der Waals surface area contributed by atoms with Crippen molar-refractivity contribution in [2.24, 2.45) is 0 Å². The molecule has 2 aromatic carbocycles. The number of rotatable bonds is 7. The van der Waals surface area contributed by atoms with Gasteiger partial charge in [-0.1, -0.05) is 35.6 Å². The Morgan fingerprint density at radius 1 is 1.08 bits per heavy atom. The predicted octanol–water partition coefficient (Wildman–Crippen LogP) is 2.79. The summed E-state index contributed by atoms with van der Waals surface area (Å²) < 4.78 is 38.9. The van der Waals surface area contributed by atoms with Crippen molar-refractivity contribution in [1.29, 1.82) is 0 Å². The van der Waals surface area contributed by atoms with Gasteiger partial charge in [-0.05, 0) is 42.4 Å². The van der Waals surface area contributed by atoms with Crippen molar-refractivity contribution in [3.05, 3.63) is 70.5 Å². The first-order valence-corrected chi connectivity index (χ1v) is 10.1. The average Bonchev–Trinajstić information content (AvgIpc) is 3.09. The number of aromatic nitrogens is 2. The molecular weight excluding hydrogens is 375 g/mol. The molecule has 1 heterocycles. The Bertz CT molecular complexity index is 988. The van der Waals surface area contributed by atoms with E-state index >= 15 is 0 Å². The molecule has 3 aromatic rings. The zero-order chi connectivity index (χ0) is 18.6. The van der Waals surface area contributed by atoms with Gasteiger partial charge in [-0.15, -0.1) is 10.2 Å². The molecule has 0 saturated carbocycles. The molecule has 0 amide bonds. The minimum atomic E-state index is -3.47. The summed E-state index contributed by atoms with van der Waals surface area (Å²) in [5.41, 5.74) is 1.77. The van der Waals surface area contributed by atoms with E-state index in [0.29, 0.717) is 18.1 Å². The number of nitrogens with one attached hydrogen (secondary N) is 2. The third-order valence-electron chi connectivity index (χ3n) is 3.66. The molecule has 26 heavy (non-hydrogen) atoms. The molecule has 0 aliphatic rings. The SMILES string of the molecule is CNS(=O)(=O)c1cccc(CNc2nnc(Cc3ccc(F)cc3)s2)c1. The van der Waals surface area contributed by atoms with Crippen LogP contribution in [0.1, 0.15) is 16.1 Å². The highest BCUT2D eigenvalue weighted by molar-refractivity contribution is 7.89. The molecule has 136 valence electrons. The van der Waals surface area contributed by atoms with Crippen LogP contribution < -0.4 is 10.0 Å². The standard InChI is InChI=1S/C17H17FN4O2S2/c1-19-26(23,24)15-4-2-3-13(9-15)11-20-17-22-21-16(25-17)10-12-5-7-14(18)8-6-12/h2-9,19H,10-11H2,1H3,(H,20,22). The minimum absolute atomic E-state index is 0.216. The van der Waals surface area contributed by atoms with E-state index in [1.54, 1.807) is 30.3 Å².